The fourth-order valence-corrected chi connectivity index (χ4v) is 6.75. The van der Waals surface area contributed by atoms with Crippen molar-refractivity contribution in [1.29, 1.82) is 0 Å². The second-order valence-corrected chi connectivity index (χ2v) is 11.2. The number of carbonyl (C=O) groups is 2. The van der Waals surface area contributed by atoms with Gasteiger partial charge in [-0.25, -0.2) is 4.79 Å². The summed E-state index contributed by atoms with van der Waals surface area (Å²) in [6.07, 6.45) is 3.84. The molecule has 3 aromatic heterocycles. The molecule has 0 saturated heterocycles. The van der Waals surface area contributed by atoms with Crippen LogP contribution in [0.1, 0.15) is 46.3 Å². The van der Waals surface area contributed by atoms with Crippen LogP contribution in [0, 0.1) is 6.92 Å². The van der Waals surface area contributed by atoms with E-state index >= 15 is 0 Å². The Morgan fingerprint density at radius 2 is 1.92 bits per heavy atom. The van der Waals surface area contributed by atoms with Crippen LogP contribution in [0.2, 0.25) is 0 Å². The third-order valence-corrected chi connectivity index (χ3v) is 8.55. The van der Waals surface area contributed by atoms with Crippen LogP contribution in [-0.2, 0) is 29.4 Å². The van der Waals surface area contributed by atoms with Crippen molar-refractivity contribution in [3.05, 3.63) is 52.0 Å². The van der Waals surface area contributed by atoms with Gasteiger partial charge in [-0.1, -0.05) is 11.8 Å². The Balaban J connectivity index is 1.41. The molecule has 1 amide bonds. The number of carbonyl (C=O) groups excluding carboxylic acids is 2. The minimum absolute atomic E-state index is 0.0861. The zero-order valence-electron chi connectivity index (χ0n) is 22.3. The van der Waals surface area contributed by atoms with Crippen molar-refractivity contribution in [1.82, 2.24) is 24.5 Å². The Morgan fingerprint density at radius 3 is 2.62 bits per heavy atom. The number of aryl methyl sites for hydroxylation is 3. The maximum Gasteiger partial charge on any atom is 0.341 e. The molecule has 1 aliphatic rings. The number of rotatable bonds is 9. The van der Waals surface area contributed by atoms with Crippen molar-refractivity contribution < 1.29 is 19.1 Å². The van der Waals surface area contributed by atoms with Gasteiger partial charge in [-0.05, 0) is 75.4 Å². The Morgan fingerprint density at radius 1 is 1.15 bits per heavy atom. The number of anilines is 1. The Kier molecular flexibility index (Phi) is 8.03. The fourth-order valence-electron chi connectivity index (χ4n) is 4.70. The smallest absolute Gasteiger partial charge is 0.341 e. The standard InChI is InChI=1S/C27H30N6O4S2/c1-5-37-18-12-10-17(11-13-18)33-24(20-14-16(2)31-32(20)3)29-30-27(33)38-15-22(34)28-25-23(26(35)36-4)19-8-6-7-9-21(19)39-25/h10-14H,5-9,15H2,1-4H3,(H,28,34). The molecule has 0 aliphatic heterocycles. The highest BCUT2D eigenvalue weighted by molar-refractivity contribution is 7.99. The van der Waals surface area contributed by atoms with Gasteiger partial charge in [-0.3, -0.25) is 14.0 Å². The number of fused-ring (bicyclic) bond motifs is 1. The molecule has 1 aliphatic carbocycles. The van der Waals surface area contributed by atoms with Crippen molar-refractivity contribution in [2.45, 2.75) is 44.7 Å². The SMILES string of the molecule is CCOc1ccc(-n2c(SCC(=O)Nc3sc4c(c3C(=O)OC)CCCC4)nnc2-c2cc(C)nn2C)cc1. The molecule has 39 heavy (non-hydrogen) atoms. The molecule has 0 fully saturated rings. The number of methoxy groups -OCH3 is 1. The summed E-state index contributed by atoms with van der Waals surface area (Å²) in [7, 11) is 3.23. The molecule has 0 atom stereocenters. The van der Waals surface area contributed by atoms with E-state index in [0.717, 1.165) is 58.9 Å². The number of esters is 1. The number of benzene rings is 1. The second kappa shape index (κ2) is 11.6. The van der Waals surface area contributed by atoms with Gasteiger partial charge in [0.1, 0.15) is 16.4 Å². The van der Waals surface area contributed by atoms with E-state index in [1.165, 1.54) is 30.2 Å². The van der Waals surface area contributed by atoms with Crippen LogP contribution >= 0.6 is 23.1 Å². The Labute approximate surface area is 234 Å². The van der Waals surface area contributed by atoms with Crippen molar-refractivity contribution in [3.63, 3.8) is 0 Å². The lowest BCUT2D eigenvalue weighted by Crippen LogP contribution is -2.17. The highest BCUT2D eigenvalue weighted by Crippen LogP contribution is 2.39. The van der Waals surface area contributed by atoms with Crippen molar-refractivity contribution >= 4 is 40.0 Å². The molecule has 0 spiro atoms. The van der Waals surface area contributed by atoms with Crippen LogP contribution in [0.5, 0.6) is 5.75 Å². The number of thiophene rings is 1. The molecule has 4 aromatic rings. The van der Waals surface area contributed by atoms with Gasteiger partial charge in [0, 0.05) is 11.9 Å². The van der Waals surface area contributed by atoms with Crippen LogP contribution in [0.25, 0.3) is 17.2 Å². The van der Waals surface area contributed by atoms with Gasteiger partial charge in [0.2, 0.25) is 5.91 Å². The van der Waals surface area contributed by atoms with E-state index < -0.39 is 5.97 Å². The third-order valence-electron chi connectivity index (χ3n) is 6.42. The Bertz CT molecular complexity index is 1510. The number of thioether (sulfide) groups is 1. The maximum absolute atomic E-state index is 13.1. The minimum Gasteiger partial charge on any atom is -0.494 e. The monoisotopic (exact) mass is 566 g/mol. The number of nitrogens with one attached hydrogen (secondary N) is 1. The highest BCUT2D eigenvalue weighted by Gasteiger charge is 2.27. The molecule has 1 aromatic carbocycles. The van der Waals surface area contributed by atoms with E-state index in [-0.39, 0.29) is 11.7 Å². The summed E-state index contributed by atoms with van der Waals surface area (Å²) in [6, 6.07) is 9.60. The third kappa shape index (κ3) is 5.57. The molecular formula is C27H30N6O4S2. The largest absolute Gasteiger partial charge is 0.494 e. The van der Waals surface area contributed by atoms with Gasteiger partial charge in [0.05, 0.1) is 36.4 Å². The first-order chi connectivity index (χ1) is 18.9. The van der Waals surface area contributed by atoms with Crippen LogP contribution in [0.4, 0.5) is 5.00 Å². The summed E-state index contributed by atoms with van der Waals surface area (Å²) in [6.45, 7) is 4.44. The minimum atomic E-state index is -0.413. The Hall–Kier alpha value is -3.64. The number of ether oxygens (including phenoxy) is 2. The van der Waals surface area contributed by atoms with Gasteiger partial charge in [0.15, 0.2) is 11.0 Å². The molecule has 3 heterocycles. The molecular weight excluding hydrogens is 536 g/mol. The normalized spacial score (nSPS) is 12.7. The first-order valence-corrected chi connectivity index (χ1v) is 14.5. The summed E-state index contributed by atoms with van der Waals surface area (Å²) < 4.78 is 14.3. The van der Waals surface area contributed by atoms with Crippen molar-refractivity contribution in [2.24, 2.45) is 7.05 Å². The van der Waals surface area contributed by atoms with Gasteiger partial charge in [-0.2, -0.15) is 5.10 Å². The summed E-state index contributed by atoms with van der Waals surface area (Å²) in [5.74, 6) is 0.819. The first kappa shape index (κ1) is 26.9. The van der Waals surface area contributed by atoms with E-state index in [4.69, 9.17) is 9.47 Å². The van der Waals surface area contributed by atoms with E-state index in [1.54, 1.807) is 4.68 Å². The molecule has 1 N–H and O–H groups in total. The summed E-state index contributed by atoms with van der Waals surface area (Å²) >= 11 is 2.74. The zero-order valence-corrected chi connectivity index (χ0v) is 23.9. The average Bonchev–Trinajstić information content (AvgIpc) is 3.61. The molecule has 0 unspecified atom stereocenters. The summed E-state index contributed by atoms with van der Waals surface area (Å²) in [4.78, 5) is 26.8. The van der Waals surface area contributed by atoms with Crippen LogP contribution in [0.3, 0.4) is 0 Å². The lowest BCUT2D eigenvalue weighted by atomic mass is 9.95. The van der Waals surface area contributed by atoms with Gasteiger partial charge >= 0.3 is 5.97 Å². The molecule has 0 saturated carbocycles. The van der Waals surface area contributed by atoms with Crippen molar-refractivity contribution in [2.75, 3.05) is 24.8 Å². The molecule has 10 nitrogen and oxygen atoms in total. The predicted molar refractivity (Wildman–Crippen MR) is 151 cm³/mol. The highest BCUT2D eigenvalue weighted by atomic mass is 32.2. The molecule has 204 valence electrons. The molecule has 0 bridgehead atoms. The van der Waals surface area contributed by atoms with E-state index in [2.05, 4.69) is 20.6 Å². The first-order valence-electron chi connectivity index (χ1n) is 12.7. The van der Waals surface area contributed by atoms with Gasteiger partial charge < -0.3 is 14.8 Å². The average molecular weight is 567 g/mol. The van der Waals surface area contributed by atoms with E-state index in [0.29, 0.717) is 28.2 Å². The second-order valence-electron chi connectivity index (χ2n) is 9.11. The number of aromatic nitrogens is 5. The van der Waals surface area contributed by atoms with Gasteiger partial charge in [0.25, 0.3) is 0 Å². The summed E-state index contributed by atoms with van der Waals surface area (Å²) in [5.41, 5.74) is 3.99. The molecule has 0 radical (unpaired) electrons. The number of amides is 1. The lowest BCUT2D eigenvalue weighted by molar-refractivity contribution is -0.113. The number of hydrogen-bond acceptors (Lipinski definition) is 9. The van der Waals surface area contributed by atoms with E-state index in [9.17, 15) is 9.59 Å². The fraction of sp³-hybridized carbons (Fsp3) is 0.370. The van der Waals surface area contributed by atoms with Crippen LogP contribution < -0.4 is 10.1 Å². The number of hydrogen-bond donors (Lipinski definition) is 1. The van der Waals surface area contributed by atoms with Crippen LogP contribution in [0.15, 0.2) is 35.5 Å². The molecule has 12 heteroatoms. The van der Waals surface area contributed by atoms with Crippen molar-refractivity contribution in [3.8, 4) is 23.0 Å². The predicted octanol–water partition coefficient (Wildman–Crippen LogP) is 4.83. The maximum atomic E-state index is 13.1. The quantitative estimate of drug-likeness (QED) is 0.226. The summed E-state index contributed by atoms with van der Waals surface area (Å²) in [5, 5.41) is 17.4. The number of nitrogens with zero attached hydrogens (tertiary/aromatic N) is 5. The van der Waals surface area contributed by atoms with Gasteiger partial charge in [-0.15, -0.1) is 21.5 Å². The zero-order chi connectivity index (χ0) is 27.5. The molecule has 5 rings (SSSR count). The lowest BCUT2D eigenvalue weighted by Gasteiger charge is -2.12. The van der Waals surface area contributed by atoms with E-state index in [1.807, 2.05) is 55.8 Å². The topological polar surface area (TPSA) is 113 Å². The van der Waals surface area contributed by atoms with Crippen LogP contribution in [-0.4, -0.2) is 55.9 Å².